The topological polar surface area (TPSA) is 58.2 Å². The lowest BCUT2D eigenvalue weighted by Gasteiger charge is -2.10. The first kappa shape index (κ1) is 16.0. The van der Waals surface area contributed by atoms with E-state index in [1.54, 1.807) is 0 Å². The molecule has 19 heavy (non-hydrogen) atoms. The van der Waals surface area contributed by atoms with Crippen LogP contribution in [0.1, 0.15) is 38.7 Å². The second-order valence-electron chi connectivity index (χ2n) is 4.90. The van der Waals surface area contributed by atoms with Gasteiger partial charge in [-0.15, -0.1) is 0 Å². The Morgan fingerprint density at radius 3 is 2.32 bits per heavy atom. The molecule has 0 fully saturated rings. The van der Waals surface area contributed by atoms with Crippen LogP contribution in [-0.2, 0) is 10.0 Å². The van der Waals surface area contributed by atoms with E-state index in [-0.39, 0.29) is 5.75 Å². The number of nitrogens with one attached hydrogen (secondary N) is 2. The largest absolute Gasteiger partial charge is 0.317 e. The standard InChI is InChI=1S/C14H24N2O2S/c1-4-15-10-5-11-19(17,18)16-14-8-6-13(7-9-14)12(2)3/h6-9,12,15-16H,4-5,10-11H2,1-3H3. The molecule has 1 rings (SSSR count). The summed E-state index contributed by atoms with van der Waals surface area (Å²) in [7, 11) is -3.24. The van der Waals surface area contributed by atoms with E-state index in [0.717, 1.165) is 13.1 Å². The molecule has 0 spiro atoms. The molecule has 0 saturated heterocycles. The zero-order valence-electron chi connectivity index (χ0n) is 11.9. The number of rotatable bonds is 8. The van der Waals surface area contributed by atoms with Crippen LogP contribution in [0.4, 0.5) is 5.69 Å². The molecule has 0 aromatic heterocycles. The Labute approximate surface area is 116 Å². The molecule has 0 radical (unpaired) electrons. The van der Waals surface area contributed by atoms with Crippen molar-refractivity contribution in [3.63, 3.8) is 0 Å². The Balaban J connectivity index is 2.53. The van der Waals surface area contributed by atoms with Crippen LogP contribution in [-0.4, -0.2) is 27.3 Å². The van der Waals surface area contributed by atoms with Gasteiger partial charge in [0.1, 0.15) is 0 Å². The summed E-state index contributed by atoms with van der Waals surface area (Å²) in [6.07, 6.45) is 0.618. The van der Waals surface area contributed by atoms with Crippen LogP contribution in [0.3, 0.4) is 0 Å². The van der Waals surface area contributed by atoms with Crippen LogP contribution in [0, 0.1) is 0 Å². The molecule has 0 aliphatic carbocycles. The molecule has 0 amide bonds. The average Bonchev–Trinajstić information content (AvgIpc) is 2.35. The van der Waals surface area contributed by atoms with Crippen molar-refractivity contribution < 1.29 is 8.42 Å². The first-order chi connectivity index (χ1) is 8.94. The van der Waals surface area contributed by atoms with Gasteiger partial charge >= 0.3 is 0 Å². The molecule has 5 heteroatoms. The number of hydrogen-bond donors (Lipinski definition) is 2. The fourth-order valence-corrected chi connectivity index (χ4v) is 2.85. The summed E-state index contributed by atoms with van der Waals surface area (Å²) in [5.41, 5.74) is 1.84. The number of benzene rings is 1. The van der Waals surface area contributed by atoms with E-state index in [9.17, 15) is 8.42 Å². The Hall–Kier alpha value is -1.07. The maximum Gasteiger partial charge on any atom is 0.232 e. The van der Waals surface area contributed by atoms with Crippen LogP contribution >= 0.6 is 0 Å². The molecule has 0 aliphatic rings. The second-order valence-corrected chi connectivity index (χ2v) is 6.75. The molecule has 2 N–H and O–H groups in total. The highest BCUT2D eigenvalue weighted by Gasteiger charge is 2.10. The van der Waals surface area contributed by atoms with Gasteiger partial charge in [-0.2, -0.15) is 0 Å². The van der Waals surface area contributed by atoms with E-state index in [2.05, 4.69) is 23.9 Å². The number of anilines is 1. The highest BCUT2D eigenvalue weighted by atomic mass is 32.2. The maximum atomic E-state index is 11.8. The van der Waals surface area contributed by atoms with Crippen LogP contribution in [0.15, 0.2) is 24.3 Å². The highest BCUT2D eigenvalue weighted by molar-refractivity contribution is 7.92. The summed E-state index contributed by atoms with van der Waals surface area (Å²) >= 11 is 0. The third-order valence-corrected chi connectivity index (χ3v) is 4.24. The quantitative estimate of drug-likeness (QED) is 0.721. The monoisotopic (exact) mass is 284 g/mol. The summed E-state index contributed by atoms with van der Waals surface area (Å²) < 4.78 is 26.3. The van der Waals surface area contributed by atoms with Crippen molar-refractivity contribution >= 4 is 15.7 Å². The van der Waals surface area contributed by atoms with Crippen molar-refractivity contribution in [2.75, 3.05) is 23.6 Å². The smallest absolute Gasteiger partial charge is 0.232 e. The summed E-state index contributed by atoms with van der Waals surface area (Å²) in [4.78, 5) is 0. The van der Waals surface area contributed by atoms with Gasteiger partial charge in [0.05, 0.1) is 5.75 Å². The summed E-state index contributed by atoms with van der Waals surface area (Å²) in [6, 6.07) is 7.55. The summed E-state index contributed by atoms with van der Waals surface area (Å²) in [5.74, 6) is 0.595. The van der Waals surface area contributed by atoms with Crippen molar-refractivity contribution in [1.29, 1.82) is 0 Å². The minimum Gasteiger partial charge on any atom is -0.317 e. The van der Waals surface area contributed by atoms with E-state index < -0.39 is 10.0 Å². The molecule has 0 bridgehead atoms. The van der Waals surface area contributed by atoms with Gasteiger partial charge < -0.3 is 5.32 Å². The normalized spacial score (nSPS) is 11.8. The predicted molar refractivity (Wildman–Crippen MR) is 81.1 cm³/mol. The zero-order valence-corrected chi connectivity index (χ0v) is 12.8. The molecular weight excluding hydrogens is 260 g/mol. The van der Waals surface area contributed by atoms with Gasteiger partial charge in [-0.3, -0.25) is 4.72 Å². The average molecular weight is 284 g/mol. The van der Waals surface area contributed by atoms with Crippen molar-refractivity contribution in [2.45, 2.75) is 33.1 Å². The van der Waals surface area contributed by atoms with E-state index in [4.69, 9.17) is 0 Å². The van der Waals surface area contributed by atoms with Gasteiger partial charge in [0.15, 0.2) is 0 Å². The first-order valence-electron chi connectivity index (χ1n) is 6.76. The molecule has 0 aliphatic heterocycles. The predicted octanol–water partition coefficient (Wildman–Crippen LogP) is 2.55. The SMILES string of the molecule is CCNCCCS(=O)(=O)Nc1ccc(C(C)C)cc1. The molecule has 0 heterocycles. The zero-order chi connectivity index (χ0) is 14.3. The Kier molecular flexibility index (Phi) is 6.31. The molecular formula is C14H24N2O2S. The molecule has 0 unspecified atom stereocenters. The molecule has 1 aromatic rings. The van der Waals surface area contributed by atoms with E-state index in [0.29, 0.717) is 18.0 Å². The van der Waals surface area contributed by atoms with E-state index in [1.807, 2.05) is 31.2 Å². The molecule has 108 valence electrons. The molecule has 0 atom stereocenters. The van der Waals surface area contributed by atoms with Crippen molar-refractivity contribution in [3.8, 4) is 0 Å². The number of hydrogen-bond acceptors (Lipinski definition) is 3. The minimum atomic E-state index is -3.24. The lowest BCUT2D eigenvalue weighted by atomic mass is 10.0. The Bertz CT molecular complexity index is 467. The van der Waals surface area contributed by atoms with Gasteiger partial charge in [-0.05, 0) is 43.1 Å². The van der Waals surface area contributed by atoms with Crippen LogP contribution < -0.4 is 10.0 Å². The maximum absolute atomic E-state index is 11.8. The molecule has 0 saturated carbocycles. The van der Waals surface area contributed by atoms with Crippen LogP contribution in [0.25, 0.3) is 0 Å². The van der Waals surface area contributed by atoms with Crippen LogP contribution in [0.5, 0.6) is 0 Å². The van der Waals surface area contributed by atoms with E-state index >= 15 is 0 Å². The van der Waals surface area contributed by atoms with Gasteiger partial charge in [0.25, 0.3) is 0 Å². The Morgan fingerprint density at radius 1 is 1.16 bits per heavy atom. The molecule has 4 nitrogen and oxygen atoms in total. The molecule has 1 aromatic carbocycles. The van der Waals surface area contributed by atoms with Gasteiger partial charge in [-0.25, -0.2) is 8.42 Å². The fraction of sp³-hybridized carbons (Fsp3) is 0.571. The van der Waals surface area contributed by atoms with Crippen molar-refractivity contribution in [3.05, 3.63) is 29.8 Å². The third-order valence-electron chi connectivity index (χ3n) is 2.87. The third kappa shape index (κ3) is 6.07. The second kappa shape index (κ2) is 7.50. The lowest BCUT2D eigenvalue weighted by molar-refractivity contribution is 0.595. The van der Waals surface area contributed by atoms with Crippen LogP contribution in [0.2, 0.25) is 0 Å². The van der Waals surface area contributed by atoms with Gasteiger partial charge in [-0.1, -0.05) is 32.9 Å². The minimum absolute atomic E-state index is 0.145. The lowest BCUT2D eigenvalue weighted by Crippen LogP contribution is -2.21. The van der Waals surface area contributed by atoms with Crippen molar-refractivity contribution in [1.82, 2.24) is 5.32 Å². The van der Waals surface area contributed by atoms with Crippen molar-refractivity contribution in [2.24, 2.45) is 0 Å². The van der Waals surface area contributed by atoms with Gasteiger partial charge in [0, 0.05) is 5.69 Å². The van der Waals surface area contributed by atoms with Gasteiger partial charge in [0.2, 0.25) is 10.0 Å². The summed E-state index contributed by atoms with van der Waals surface area (Å²) in [5, 5.41) is 3.11. The Morgan fingerprint density at radius 2 is 1.79 bits per heavy atom. The first-order valence-corrected chi connectivity index (χ1v) is 8.41. The van der Waals surface area contributed by atoms with E-state index in [1.165, 1.54) is 5.56 Å². The summed E-state index contributed by atoms with van der Waals surface area (Å²) in [6.45, 7) is 7.82. The fourth-order valence-electron chi connectivity index (χ4n) is 1.73. The number of sulfonamides is 1. The highest BCUT2D eigenvalue weighted by Crippen LogP contribution is 2.17.